The van der Waals surface area contributed by atoms with E-state index in [1.807, 2.05) is 0 Å². The summed E-state index contributed by atoms with van der Waals surface area (Å²) >= 11 is 0. The van der Waals surface area contributed by atoms with Crippen LogP contribution in [0.15, 0.2) is 4.99 Å². The maximum absolute atomic E-state index is 9.14. The molecule has 1 aliphatic carbocycles. The van der Waals surface area contributed by atoms with Crippen LogP contribution in [0, 0.1) is 11.3 Å². The second-order valence-electron chi connectivity index (χ2n) is 6.76. The second-order valence-corrected chi connectivity index (χ2v) is 6.76. The summed E-state index contributed by atoms with van der Waals surface area (Å²) in [5.74, 6) is 1.47. The molecule has 1 rings (SSSR count). The molecule has 1 saturated carbocycles. The third-order valence-electron chi connectivity index (χ3n) is 4.57. The molecule has 0 aromatic heterocycles. The molecule has 1 aliphatic rings. The van der Waals surface area contributed by atoms with Crippen molar-refractivity contribution in [3.05, 3.63) is 0 Å². The molecule has 1 unspecified atom stereocenters. The van der Waals surface area contributed by atoms with Crippen LogP contribution < -0.4 is 10.6 Å². The Kier molecular flexibility index (Phi) is 8.74. The van der Waals surface area contributed by atoms with Crippen LogP contribution >= 0.6 is 0 Å². The van der Waals surface area contributed by atoms with Gasteiger partial charge in [-0.15, -0.1) is 0 Å². The van der Waals surface area contributed by atoms with E-state index < -0.39 is 0 Å². The van der Waals surface area contributed by atoms with Crippen molar-refractivity contribution in [2.75, 3.05) is 26.2 Å². The van der Waals surface area contributed by atoms with E-state index in [1.54, 1.807) is 0 Å². The molecule has 0 radical (unpaired) electrons. The minimum Gasteiger partial charge on any atom is -0.396 e. The van der Waals surface area contributed by atoms with Gasteiger partial charge in [0.2, 0.25) is 0 Å². The zero-order chi connectivity index (χ0) is 15.6. The van der Waals surface area contributed by atoms with E-state index in [0.29, 0.717) is 11.3 Å². The fraction of sp³-hybridized carbons (Fsp3) is 0.941. The van der Waals surface area contributed by atoms with Crippen LogP contribution in [0.25, 0.3) is 0 Å². The van der Waals surface area contributed by atoms with Crippen molar-refractivity contribution in [3.8, 4) is 0 Å². The van der Waals surface area contributed by atoms with E-state index >= 15 is 0 Å². The Labute approximate surface area is 130 Å². The van der Waals surface area contributed by atoms with Crippen molar-refractivity contribution in [1.29, 1.82) is 0 Å². The van der Waals surface area contributed by atoms with E-state index in [9.17, 15) is 0 Å². The van der Waals surface area contributed by atoms with Gasteiger partial charge in [0.15, 0.2) is 5.96 Å². The Hall–Kier alpha value is -0.770. The standard InChI is InChI=1S/C17H35N3O/c1-4-8-15(9-12-21)13-19-16(18-5-2)20-14-17(3)10-6-7-11-17/h15,21H,4-14H2,1-3H3,(H2,18,19,20). The molecule has 0 saturated heterocycles. The van der Waals surface area contributed by atoms with Crippen LogP contribution in [0.2, 0.25) is 0 Å². The third kappa shape index (κ3) is 7.16. The molecule has 0 bridgehead atoms. The first kappa shape index (κ1) is 18.3. The fourth-order valence-electron chi connectivity index (χ4n) is 3.18. The summed E-state index contributed by atoms with van der Waals surface area (Å²) in [6, 6.07) is 0. The minimum atomic E-state index is 0.276. The predicted octanol–water partition coefficient (Wildman–Crippen LogP) is 2.92. The van der Waals surface area contributed by atoms with E-state index in [2.05, 4.69) is 31.4 Å². The molecule has 4 heteroatoms. The maximum atomic E-state index is 9.14. The van der Waals surface area contributed by atoms with Crippen LogP contribution in [-0.2, 0) is 0 Å². The summed E-state index contributed by atoms with van der Waals surface area (Å²) in [6.45, 7) is 9.64. The number of rotatable bonds is 9. The number of aliphatic hydroxyl groups is 1. The molecule has 21 heavy (non-hydrogen) atoms. The lowest BCUT2D eigenvalue weighted by Crippen LogP contribution is -2.40. The molecule has 124 valence electrons. The molecule has 0 amide bonds. The van der Waals surface area contributed by atoms with E-state index in [4.69, 9.17) is 10.1 Å². The van der Waals surface area contributed by atoms with Gasteiger partial charge < -0.3 is 15.7 Å². The van der Waals surface area contributed by atoms with Crippen molar-refractivity contribution in [1.82, 2.24) is 10.6 Å². The molecule has 1 fully saturated rings. The molecule has 0 heterocycles. The summed E-state index contributed by atoms with van der Waals surface area (Å²) in [6.07, 6.45) is 8.51. The van der Waals surface area contributed by atoms with Crippen LogP contribution in [0.1, 0.15) is 65.7 Å². The monoisotopic (exact) mass is 297 g/mol. The molecular weight excluding hydrogens is 262 g/mol. The third-order valence-corrected chi connectivity index (χ3v) is 4.57. The number of hydrogen-bond donors (Lipinski definition) is 3. The predicted molar refractivity (Wildman–Crippen MR) is 90.7 cm³/mol. The zero-order valence-electron chi connectivity index (χ0n) is 14.2. The number of hydrogen-bond acceptors (Lipinski definition) is 2. The lowest BCUT2D eigenvalue weighted by Gasteiger charge is -2.22. The lowest BCUT2D eigenvalue weighted by molar-refractivity contribution is 0.251. The highest BCUT2D eigenvalue weighted by Gasteiger charge is 2.28. The van der Waals surface area contributed by atoms with Gasteiger partial charge >= 0.3 is 0 Å². The van der Waals surface area contributed by atoms with Gasteiger partial charge in [-0.1, -0.05) is 33.1 Å². The van der Waals surface area contributed by atoms with Crippen LogP contribution in [0.4, 0.5) is 0 Å². The van der Waals surface area contributed by atoms with Gasteiger partial charge in [0, 0.05) is 26.2 Å². The number of nitrogens with one attached hydrogen (secondary N) is 2. The van der Waals surface area contributed by atoms with E-state index in [0.717, 1.165) is 44.9 Å². The largest absolute Gasteiger partial charge is 0.396 e. The van der Waals surface area contributed by atoms with Crippen LogP contribution in [-0.4, -0.2) is 37.3 Å². The highest BCUT2D eigenvalue weighted by Crippen LogP contribution is 2.37. The highest BCUT2D eigenvalue weighted by molar-refractivity contribution is 5.79. The molecule has 3 N–H and O–H groups in total. The lowest BCUT2D eigenvalue weighted by atomic mass is 9.89. The van der Waals surface area contributed by atoms with Gasteiger partial charge in [-0.3, -0.25) is 4.99 Å². The maximum Gasteiger partial charge on any atom is 0.191 e. The topological polar surface area (TPSA) is 56.6 Å². The first-order chi connectivity index (χ1) is 10.1. The van der Waals surface area contributed by atoms with E-state index in [-0.39, 0.29) is 6.61 Å². The molecular formula is C17H35N3O. The Morgan fingerprint density at radius 2 is 1.90 bits per heavy atom. The average molecular weight is 297 g/mol. The molecule has 4 nitrogen and oxygen atoms in total. The summed E-state index contributed by atoms with van der Waals surface area (Å²) in [5.41, 5.74) is 0.399. The van der Waals surface area contributed by atoms with Gasteiger partial charge in [-0.25, -0.2) is 0 Å². The summed E-state index contributed by atoms with van der Waals surface area (Å²) < 4.78 is 0. The van der Waals surface area contributed by atoms with Crippen LogP contribution in [0.3, 0.4) is 0 Å². The Morgan fingerprint density at radius 1 is 1.19 bits per heavy atom. The number of guanidine groups is 1. The molecule has 0 aromatic carbocycles. The average Bonchev–Trinajstić information content (AvgIpc) is 2.89. The molecule has 0 aromatic rings. The second kappa shape index (κ2) is 10.0. The Morgan fingerprint density at radius 3 is 2.48 bits per heavy atom. The van der Waals surface area contributed by atoms with Crippen molar-refractivity contribution >= 4 is 5.96 Å². The first-order valence-electron chi connectivity index (χ1n) is 8.76. The molecule has 0 aliphatic heterocycles. The van der Waals surface area contributed by atoms with Gasteiger partial charge in [-0.05, 0) is 43.9 Å². The Bertz CT molecular complexity index is 292. The molecule has 0 spiro atoms. The Balaban J connectivity index is 2.47. The van der Waals surface area contributed by atoms with Gasteiger partial charge in [-0.2, -0.15) is 0 Å². The van der Waals surface area contributed by atoms with Gasteiger partial charge in [0.1, 0.15) is 0 Å². The highest BCUT2D eigenvalue weighted by atomic mass is 16.3. The van der Waals surface area contributed by atoms with Gasteiger partial charge in [0.05, 0.1) is 0 Å². The van der Waals surface area contributed by atoms with Crippen molar-refractivity contribution < 1.29 is 5.11 Å². The zero-order valence-corrected chi connectivity index (χ0v) is 14.2. The first-order valence-corrected chi connectivity index (χ1v) is 8.76. The minimum absolute atomic E-state index is 0.276. The SMILES string of the molecule is CCCC(CCO)CNC(=NCC1(C)CCCC1)NCC. The fourth-order valence-corrected chi connectivity index (χ4v) is 3.18. The van der Waals surface area contributed by atoms with E-state index in [1.165, 1.54) is 25.7 Å². The normalized spacial score (nSPS) is 19.5. The number of aliphatic imine (C=N–C) groups is 1. The molecule has 1 atom stereocenters. The summed E-state index contributed by atoms with van der Waals surface area (Å²) in [5, 5.41) is 15.9. The smallest absolute Gasteiger partial charge is 0.191 e. The summed E-state index contributed by atoms with van der Waals surface area (Å²) in [7, 11) is 0. The van der Waals surface area contributed by atoms with Crippen molar-refractivity contribution in [2.24, 2.45) is 16.3 Å². The van der Waals surface area contributed by atoms with Gasteiger partial charge in [0.25, 0.3) is 0 Å². The number of aliphatic hydroxyl groups excluding tert-OH is 1. The van der Waals surface area contributed by atoms with Crippen molar-refractivity contribution in [2.45, 2.75) is 65.7 Å². The number of nitrogens with zero attached hydrogens (tertiary/aromatic N) is 1. The summed E-state index contributed by atoms with van der Waals surface area (Å²) in [4.78, 5) is 4.79. The van der Waals surface area contributed by atoms with Crippen LogP contribution in [0.5, 0.6) is 0 Å². The quantitative estimate of drug-likeness (QED) is 0.453. The van der Waals surface area contributed by atoms with Crippen molar-refractivity contribution in [3.63, 3.8) is 0 Å².